The summed E-state index contributed by atoms with van der Waals surface area (Å²) in [5, 5.41) is 0. The first-order valence-corrected chi connectivity index (χ1v) is 10.8. The molecule has 2 heteroatoms. The van der Waals surface area contributed by atoms with Gasteiger partial charge in [0.05, 0.1) is 0 Å². The maximum absolute atomic E-state index is 13.6. The molecule has 0 heterocycles. The third-order valence-corrected chi connectivity index (χ3v) is 5.83. The van der Waals surface area contributed by atoms with E-state index in [1.165, 1.54) is 0 Å². The Balaban J connectivity index is 1.90. The van der Waals surface area contributed by atoms with Crippen LogP contribution < -0.4 is 0 Å². The average molecular weight is 419 g/mol. The standard InChI is InChI=1S/C30H26O2/c1-5-6-22-9-13-24(14-10-22)28-18-26(25-15-20(3)29(31)21(4)16-25)17-27(30(28)32)23-11-7-19(2)8-12-23/h5-18H,1-4H3. The van der Waals surface area contributed by atoms with E-state index in [1.807, 2.05) is 113 Å². The van der Waals surface area contributed by atoms with Gasteiger partial charge in [0, 0.05) is 11.1 Å². The Morgan fingerprint density at radius 2 is 1.06 bits per heavy atom. The van der Waals surface area contributed by atoms with E-state index in [9.17, 15) is 9.59 Å². The topological polar surface area (TPSA) is 34.1 Å². The predicted octanol–water partition coefficient (Wildman–Crippen LogP) is 6.85. The summed E-state index contributed by atoms with van der Waals surface area (Å²) in [6, 6.07) is 16.1. The van der Waals surface area contributed by atoms with Crippen molar-refractivity contribution in [1.82, 2.24) is 0 Å². The van der Waals surface area contributed by atoms with Crippen LogP contribution in [-0.4, -0.2) is 11.6 Å². The van der Waals surface area contributed by atoms with Gasteiger partial charge in [0.2, 0.25) is 0 Å². The molecule has 0 atom stereocenters. The van der Waals surface area contributed by atoms with E-state index in [-0.39, 0.29) is 11.6 Å². The SMILES string of the molecule is CC=Cc1ccc(C2=CC(=C3C=C(C)C(=O)C(C)=C3)C=C(c3ccc(C)cc3)C2=O)cc1. The Labute approximate surface area is 189 Å². The normalized spacial score (nSPS) is 16.8. The third-order valence-electron chi connectivity index (χ3n) is 5.83. The predicted molar refractivity (Wildman–Crippen MR) is 133 cm³/mol. The number of allylic oxidation sites excluding steroid dienone is 11. The maximum Gasteiger partial charge on any atom is 0.194 e. The number of aryl methyl sites for hydroxylation is 1. The summed E-state index contributed by atoms with van der Waals surface area (Å²) in [5.41, 5.74) is 8.63. The van der Waals surface area contributed by atoms with Gasteiger partial charge in [0.15, 0.2) is 11.6 Å². The van der Waals surface area contributed by atoms with E-state index in [0.29, 0.717) is 22.3 Å². The van der Waals surface area contributed by atoms with Gasteiger partial charge < -0.3 is 0 Å². The highest BCUT2D eigenvalue weighted by molar-refractivity contribution is 6.44. The number of carbonyl (C=O) groups excluding carboxylic acids is 2. The molecule has 2 aromatic carbocycles. The van der Waals surface area contributed by atoms with E-state index < -0.39 is 0 Å². The molecule has 0 saturated carbocycles. The summed E-state index contributed by atoms with van der Waals surface area (Å²) in [4.78, 5) is 25.8. The number of hydrogen-bond acceptors (Lipinski definition) is 2. The molecule has 2 aromatic rings. The first-order valence-electron chi connectivity index (χ1n) is 10.8. The van der Waals surface area contributed by atoms with Crippen molar-refractivity contribution in [2.75, 3.05) is 0 Å². The molecule has 2 aliphatic rings. The lowest BCUT2D eigenvalue weighted by Crippen LogP contribution is -2.12. The van der Waals surface area contributed by atoms with Crippen LogP contribution in [0.5, 0.6) is 0 Å². The molecule has 0 aliphatic heterocycles. The Bertz CT molecular complexity index is 1260. The Hall–Kier alpha value is -3.78. The molecule has 2 aliphatic carbocycles. The largest absolute Gasteiger partial charge is 0.289 e. The molecule has 4 rings (SSSR count). The summed E-state index contributed by atoms with van der Waals surface area (Å²) in [6.07, 6.45) is 11.7. The summed E-state index contributed by atoms with van der Waals surface area (Å²) >= 11 is 0. The lowest BCUT2D eigenvalue weighted by molar-refractivity contribution is -0.112. The Kier molecular flexibility index (Phi) is 5.87. The molecule has 0 spiro atoms. The van der Waals surface area contributed by atoms with Crippen molar-refractivity contribution in [3.05, 3.63) is 123 Å². The lowest BCUT2D eigenvalue weighted by Gasteiger charge is -2.19. The number of hydrogen-bond donors (Lipinski definition) is 0. The molecule has 0 saturated heterocycles. The van der Waals surface area contributed by atoms with E-state index >= 15 is 0 Å². The minimum absolute atomic E-state index is 0.00488. The van der Waals surface area contributed by atoms with Crippen molar-refractivity contribution in [3.63, 3.8) is 0 Å². The first kappa shape index (κ1) is 21.5. The molecule has 0 radical (unpaired) electrons. The molecular formula is C30H26O2. The van der Waals surface area contributed by atoms with Crippen molar-refractivity contribution >= 4 is 28.8 Å². The highest BCUT2D eigenvalue weighted by atomic mass is 16.1. The van der Waals surface area contributed by atoms with Crippen LogP contribution in [0.1, 0.15) is 43.0 Å². The van der Waals surface area contributed by atoms with Crippen molar-refractivity contribution in [1.29, 1.82) is 0 Å². The van der Waals surface area contributed by atoms with Gasteiger partial charge in [-0.05, 0) is 91.0 Å². The van der Waals surface area contributed by atoms with Gasteiger partial charge in [-0.1, -0.05) is 66.2 Å². The summed E-state index contributed by atoms with van der Waals surface area (Å²) in [6.45, 7) is 7.69. The second-order valence-corrected chi connectivity index (χ2v) is 8.33. The molecule has 0 fully saturated rings. The number of benzene rings is 2. The van der Waals surface area contributed by atoms with Crippen LogP contribution in [0.15, 0.2) is 101 Å². The van der Waals surface area contributed by atoms with Gasteiger partial charge in [-0.25, -0.2) is 0 Å². The molecule has 0 N–H and O–H groups in total. The minimum atomic E-state index is 0.00488. The summed E-state index contributed by atoms with van der Waals surface area (Å²) < 4.78 is 0. The van der Waals surface area contributed by atoms with Gasteiger partial charge in [0.25, 0.3) is 0 Å². The van der Waals surface area contributed by atoms with E-state index in [2.05, 4.69) is 0 Å². The quantitative estimate of drug-likeness (QED) is 0.546. The fourth-order valence-corrected chi connectivity index (χ4v) is 4.04. The van der Waals surface area contributed by atoms with Gasteiger partial charge in [0.1, 0.15) is 0 Å². The van der Waals surface area contributed by atoms with Crippen molar-refractivity contribution in [3.8, 4) is 0 Å². The highest BCUT2D eigenvalue weighted by Gasteiger charge is 2.24. The maximum atomic E-state index is 13.6. The van der Waals surface area contributed by atoms with Crippen LogP contribution in [0.4, 0.5) is 0 Å². The molecule has 158 valence electrons. The molecule has 0 bridgehead atoms. The number of carbonyl (C=O) groups is 2. The van der Waals surface area contributed by atoms with Crippen LogP contribution in [0.3, 0.4) is 0 Å². The van der Waals surface area contributed by atoms with Crippen molar-refractivity contribution in [2.24, 2.45) is 0 Å². The average Bonchev–Trinajstić information content (AvgIpc) is 2.79. The van der Waals surface area contributed by atoms with Crippen LogP contribution in [0, 0.1) is 6.92 Å². The third kappa shape index (κ3) is 4.17. The second-order valence-electron chi connectivity index (χ2n) is 8.33. The van der Waals surface area contributed by atoms with Gasteiger partial charge in [-0.3, -0.25) is 9.59 Å². The molecule has 2 nitrogen and oxygen atoms in total. The zero-order valence-electron chi connectivity index (χ0n) is 18.9. The first-order chi connectivity index (χ1) is 15.4. The molecule has 0 amide bonds. The lowest BCUT2D eigenvalue weighted by atomic mass is 9.83. The monoisotopic (exact) mass is 418 g/mol. The van der Waals surface area contributed by atoms with Gasteiger partial charge in [-0.2, -0.15) is 0 Å². The van der Waals surface area contributed by atoms with Gasteiger partial charge in [-0.15, -0.1) is 0 Å². The van der Waals surface area contributed by atoms with Crippen LogP contribution >= 0.6 is 0 Å². The zero-order valence-corrected chi connectivity index (χ0v) is 18.9. The van der Waals surface area contributed by atoms with Crippen LogP contribution in [0.2, 0.25) is 0 Å². The minimum Gasteiger partial charge on any atom is -0.289 e. The zero-order chi connectivity index (χ0) is 22.8. The summed E-state index contributed by atoms with van der Waals surface area (Å²) in [7, 11) is 0. The van der Waals surface area contributed by atoms with E-state index in [1.54, 1.807) is 0 Å². The van der Waals surface area contributed by atoms with Crippen molar-refractivity contribution in [2.45, 2.75) is 27.7 Å². The van der Waals surface area contributed by atoms with Crippen LogP contribution in [-0.2, 0) is 9.59 Å². The van der Waals surface area contributed by atoms with Gasteiger partial charge >= 0.3 is 0 Å². The fourth-order valence-electron chi connectivity index (χ4n) is 4.04. The summed E-state index contributed by atoms with van der Waals surface area (Å²) in [5.74, 6) is 0.0676. The molecule has 32 heavy (non-hydrogen) atoms. The van der Waals surface area contributed by atoms with E-state index in [0.717, 1.165) is 33.4 Å². The Morgan fingerprint density at radius 3 is 1.56 bits per heavy atom. The molecule has 0 aromatic heterocycles. The van der Waals surface area contributed by atoms with E-state index in [4.69, 9.17) is 0 Å². The number of rotatable bonds is 3. The fraction of sp³-hybridized carbons (Fsp3) is 0.133. The highest BCUT2D eigenvalue weighted by Crippen LogP contribution is 2.35. The Morgan fingerprint density at radius 1 is 0.594 bits per heavy atom. The molecule has 0 unspecified atom stereocenters. The number of Topliss-reactive ketones (excluding diaryl/α,β-unsaturated/α-hetero) is 2. The van der Waals surface area contributed by atoms with Crippen LogP contribution in [0.25, 0.3) is 17.2 Å². The number of ketones is 2. The van der Waals surface area contributed by atoms with Crippen molar-refractivity contribution < 1.29 is 9.59 Å². The smallest absolute Gasteiger partial charge is 0.194 e. The molecular weight excluding hydrogens is 392 g/mol. The second kappa shape index (κ2) is 8.76.